The van der Waals surface area contributed by atoms with Crippen molar-refractivity contribution in [2.75, 3.05) is 0 Å². The monoisotopic (exact) mass is 407 g/mol. The van der Waals surface area contributed by atoms with Gasteiger partial charge in [-0.1, -0.05) is 29.8 Å². The number of hydrogen-bond acceptors (Lipinski definition) is 4. The van der Waals surface area contributed by atoms with E-state index in [1.165, 1.54) is 30.3 Å². The minimum Gasteiger partial charge on any atom is -0.237 e. The number of hydrogen-bond donors (Lipinski definition) is 0. The summed E-state index contributed by atoms with van der Waals surface area (Å²) >= 11 is 5.71. The molecule has 0 saturated heterocycles. The Morgan fingerprint density at radius 3 is 2.17 bits per heavy atom. The number of rotatable bonds is 3. The first-order valence-corrected chi connectivity index (χ1v) is 10.5. The van der Waals surface area contributed by atoms with Crippen LogP contribution in [0.4, 0.5) is 4.39 Å². The van der Waals surface area contributed by atoms with Gasteiger partial charge in [0.2, 0.25) is 0 Å². The second-order valence-corrected chi connectivity index (χ2v) is 9.56. The highest BCUT2D eigenvalue weighted by atomic mass is 35.7. The van der Waals surface area contributed by atoms with Crippen LogP contribution in [-0.4, -0.2) is 20.8 Å². The number of aromatic nitrogens is 1. The first kappa shape index (κ1) is 17.2. The summed E-state index contributed by atoms with van der Waals surface area (Å²) in [5.41, 5.74) is -0.481. The molecular weight excluding hydrogens is 400 g/mol. The molecule has 0 aliphatic carbocycles. The molecule has 5 nitrogen and oxygen atoms in total. The zero-order valence-corrected chi connectivity index (χ0v) is 14.8. The van der Waals surface area contributed by atoms with Crippen LogP contribution in [0.2, 0.25) is 5.02 Å². The Morgan fingerprint density at radius 1 is 0.958 bits per heavy atom. The molecule has 1 heterocycles. The summed E-state index contributed by atoms with van der Waals surface area (Å²) in [7, 11) is -3.21. The Bertz CT molecular complexity index is 1160. The third-order valence-corrected chi connectivity index (χ3v) is 6.67. The average molecular weight is 408 g/mol. The van der Waals surface area contributed by atoms with Crippen LogP contribution in [0.3, 0.4) is 0 Å². The maximum absolute atomic E-state index is 14.5. The Kier molecular flexibility index (Phi) is 4.11. The SMILES string of the molecule is O=S(=O)(Cl)c1cn(S(=O)(=O)c2ccccc2)c2c(F)c(Cl)ccc12. The van der Waals surface area contributed by atoms with E-state index in [4.69, 9.17) is 22.3 Å². The highest BCUT2D eigenvalue weighted by Gasteiger charge is 2.28. The van der Waals surface area contributed by atoms with Gasteiger partial charge in [0.25, 0.3) is 19.1 Å². The lowest BCUT2D eigenvalue weighted by Gasteiger charge is -2.08. The summed E-state index contributed by atoms with van der Waals surface area (Å²) in [6.07, 6.45) is 0.773. The lowest BCUT2D eigenvalue weighted by Crippen LogP contribution is -2.12. The Hall–Kier alpha value is -1.61. The molecule has 0 aliphatic rings. The van der Waals surface area contributed by atoms with Gasteiger partial charge in [0.1, 0.15) is 10.4 Å². The van der Waals surface area contributed by atoms with Gasteiger partial charge in [-0.3, -0.25) is 0 Å². The molecule has 0 fully saturated rings. The van der Waals surface area contributed by atoms with Gasteiger partial charge >= 0.3 is 0 Å². The molecule has 0 spiro atoms. The summed E-state index contributed by atoms with van der Waals surface area (Å²) in [6.45, 7) is 0. The number of benzene rings is 2. The zero-order valence-electron chi connectivity index (χ0n) is 11.6. The lowest BCUT2D eigenvalue weighted by molar-refractivity contribution is 0.586. The summed E-state index contributed by atoms with van der Waals surface area (Å²) in [4.78, 5) is -0.658. The molecule has 1 aromatic heterocycles. The van der Waals surface area contributed by atoms with E-state index in [1.807, 2.05) is 0 Å². The molecule has 0 unspecified atom stereocenters. The van der Waals surface area contributed by atoms with Crippen LogP contribution in [0.25, 0.3) is 10.9 Å². The Labute approximate surface area is 146 Å². The summed E-state index contributed by atoms with van der Waals surface area (Å²) in [5, 5.41) is -0.518. The maximum Gasteiger partial charge on any atom is 0.268 e. The van der Waals surface area contributed by atoms with Crippen LogP contribution >= 0.6 is 22.3 Å². The van der Waals surface area contributed by atoms with Gasteiger partial charge in [-0.2, -0.15) is 0 Å². The van der Waals surface area contributed by atoms with Gasteiger partial charge in [0.15, 0.2) is 5.82 Å². The molecule has 0 N–H and O–H groups in total. The second-order valence-electron chi connectivity index (χ2n) is 4.80. The third kappa shape index (κ3) is 2.69. The van der Waals surface area contributed by atoms with E-state index in [-0.39, 0.29) is 15.3 Å². The fourth-order valence-electron chi connectivity index (χ4n) is 2.28. The predicted octanol–water partition coefficient (Wildman–Crippen LogP) is 3.60. The summed E-state index contributed by atoms with van der Waals surface area (Å²) < 4.78 is 64.0. The smallest absolute Gasteiger partial charge is 0.237 e. The van der Waals surface area contributed by atoms with E-state index in [1.54, 1.807) is 6.07 Å². The molecule has 0 saturated carbocycles. The van der Waals surface area contributed by atoms with Crippen molar-refractivity contribution in [3.63, 3.8) is 0 Å². The van der Waals surface area contributed by atoms with Crippen molar-refractivity contribution in [3.05, 3.63) is 59.5 Å². The van der Waals surface area contributed by atoms with E-state index < -0.39 is 35.3 Å². The average Bonchev–Trinajstić information content (AvgIpc) is 2.93. The summed E-state index contributed by atoms with van der Waals surface area (Å²) in [6, 6.07) is 9.52. The first-order chi connectivity index (χ1) is 11.1. The molecule has 0 atom stereocenters. The quantitative estimate of drug-likeness (QED) is 0.621. The van der Waals surface area contributed by atoms with Gasteiger partial charge in [-0.15, -0.1) is 0 Å². The zero-order chi connectivity index (χ0) is 17.7. The molecule has 3 rings (SSSR count). The van der Waals surface area contributed by atoms with Crippen molar-refractivity contribution in [1.82, 2.24) is 3.97 Å². The molecule has 0 aliphatic heterocycles. The van der Waals surface area contributed by atoms with Gasteiger partial charge in [-0.05, 0) is 24.3 Å². The molecule has 24 heavy (non-hydrogen) atoms. The first-order valence-electron chi connectivity index (χ1n) is 6.38. The van der Waals surface area contributed by atoms with Gasteiger partial charge in [0, 0.05) is 22.3 Å². The van der Waals surface area contributed by atoms with Crippen molar-refractivity contribution in [2.24, 2.45) is 0 Å². The van der Waals surface area contributed by atoms with E-state index in [0.717, 1.165) is 12.3 Å². The van der Waals surface area contributed by atoms with Gasteiger partial charge in [0.05, 0.1) is 9.92 Å². The van der Waals surface area contributed by atoms with Crippen LogP contribution in [0.15, 0.2) is 58.5 Å². The van der Waals surface area contributed by atoms with Gasteiger partial charge < -0.3 is 0 Å². The van der Waals surface area contributed by atoms with E-state index in [0.29, 0.717) is 3.97 Å². The van der Waals surface area contributed by atoms with Crippen LogP contribution in [0, 0.1) is 5.82 Å². The van der Waals surface area contributed by atoms with E-state index in [2.05, 4.69) is 0 Å². The van der Waals surface area contributed by atoms with Gasteiger partial charge in [-0.25, -0.2) is 25.2 Å². The normalized spacial score (nSPS) is 12.6. The van der Waals surface area contributed by atoms with Crippen LogP contribution in [0.5, 0.6) is 0 Å². The number of nitrogens with zero attached hydrogens (tertiary/aromatic N) is 1. The molecule has 3 aromatic rings. The van der Waals surface area contributed by atoms with E-state index in [9.17, 15) is 21.2 Å². The third-order valence-electron chi connectivity index (χ3n) is 3.35. The Morgan fingerprint density at radius 2 is 1.58 bits per heavy atom. The van der Waals surface area contributed by atoms with Crippen molar-refractivity contribution in [3.8, 4) is 0 Å². The highest BCUT2D eigenvalue weighted by Crippen LogP contribution is 2.34. The second kappa shape index (κ2) is 5.73. The Balaban J connectivity index is 2.48. The van der Waals surface area contributed by atoms with Crippen molar-refractivity contribution in [2.45, 2.75) is 9.79 Å². The minimum atomic E-state index is -4.30. The maximum atomic E-state index is 14.5. The molecule has 126 valence electrons. The van der Waals surface area contributed by atoms with Crippen LogP contribution in [0.1, 0.15) is 0 Å². The number of halogens is 3. The van der Waals surface area contributed by atoms with E-state index >= 15 is 0 Å². The van der Waals surface area contributed by atoms with Crippen molar-refractivity contribution >= 4 is 52.3 Å². The highest BCUT2D eigenvalue weighted by molar-refractivity contribution is 8.14. The standard InChI is InChI=1S/C14H8Cl2FNO4S2/c15-11-7-6-10-12(23(16,19)20)8-18(14(10)13(11)17)24(21,22)9-4-2-1-3-5-9/h1-8H. The van der Waals surface area contributed by atoms with Crippen LogP contribution in [-0.2, 0) is 19.1 Å². The van der Waals surface area contributed by atoms with Crippen LogP contribution < -0.4 is 0 Å². The molecular formula is C14H8Cl2FNO4S2. The number of fused-ring (bicyclic) bond motifs is 1. The van der Waals surface area contributed by atoms with Crippen molar-refractivity contribution < 1.29 is 21.2 Å². The fraction of sp³-hybridized carbons (Fsp3) is 0. The molecule has 0 bridgehead atoms. The molecule has 10 heteroatoms. The minimum absolute atomic E-state index is 0.139. The van der Waals surface area contributed by atoms with Crippen molar-refractivity contribution in [1.29, 1.82) is 0 Å². The predicted molar refractivity (Wildman–Crippen MR) is 89.0 cm³/mol. The topological polar surface area (TPSA) is 73.2 Å². The fourth-order valence-corrected chi connectivity index (χ4v) is 4.92. The molecule has 0 radical (unpaired) electrons. The largest absolute Gasteiger partial charge is 0.268 e. The molecule has 2 aromatic carbocycles. The summed E-state index contributed by atoms with van der Waals surface area (Å²) in [5.74, 6) is -1.06. The lowest BCUT2D eigenvalue weighted by atomic mass is 10.2. The molecule has 0 amide bonds.